The van der Waals surface area contributed by atoms with Crippen molar-refractivity contribution in [2.45, 2.75) is 26.3 Å². The fourth-order valence-electron chi connectivity index (χ4n) is 4.33. The van der Waals surface area contributed by atoms with Gasteiger partial charge in [0.25, 0.3) is 0 Å². The molecule has 1 fully saturated rings. The highest BCUT2D eigenvalue weighted by molar-refractivity contribution is 6.01. The van der Waals surface area contributed by atoms with Gasteiger partial charge in [0, 0.05) is 49.3 Å². The van der Waals surface area contributed by atoms with Crippen LogP contribution in [0.4, 0.5) is 23.0 Å². The Balaban J connectivity index is 1.33. The first-order valence-corrected chi connectivity index (χ1v) is 11.8. The number of benzene rings is 2. The van der Waals surface area contributed by atoms with E-state index in [1.54, 1.807) is 0 Å². The smallest absolute Gasteiger partial charge is 0.227 e. The van der Waals surface area contributed by atoms with E-state index in [0.717, 1.165) is 67.4 Å². The van der Waals surface area contributed by atoms with E-state index in [9.17, 15) is 0 Å². The maximum absolute atomic E-state index is 4.92. The van der Waals surface area contributed by atoms with Crippen LogP contribution < -0.4 is 15.2 Å². The topological polar surface area (TPSA) is 59.9 Å². The number of anilines is 4. The average molecular weight is 442 g/mol. The van der Waals surface area contributed by atoms with Gasteiger partial charge < -0.3 is 15.1 Å². The van der Waals surface area contributed by atoms with E-state index in [0.29, 0.717) is 12.5 Å². The van der Waals surface area contributed by atoms with Crippen LogP contribution in [0.2, 0.25) is 0 Å². The third-order valence-corrected chi connectivity index (χ3v) is 6.23. The maximum Gasteiger partial charge on any atom is 0.227 e. The molecule has 0 spiro atoms. The van der Waals surface area contributed by atoms with Crippen molar-refractivity contribution in [2.24, 2.45) is 5.10 Å². The zero-order chi connectivity index (χ0) is 22.6. The number of nitrogens with zero attached hydrogens (tertiary/aromatic N) is 6. The summed E-state index contributed by atoms with van der Waals surface area (Å²) in [6.45, 7) is 7.19. The molecule has 5 rings (SSSR count). The molecule has 1 saturated heterocycles. The zero-order valence-corrected chi connectivity index (χ0v) is 19.4. The minimum absolute atomic E-state index is 0.609. The van der Waals surface area contributed by atoms with Crippen LogP contribution in [-0.4, -0.2) is 53.8 Å². The fraction of sp³-hybridized carbons (Fsp3) is 0.346. The lowest BCUT2D eigenvalue weighted by atomic mass is 10.1. The number of likely N-dealkylation sites (N-methyl/N-ethyl adjacent to an activating group) is 1. The molecule has 2 aromatic carbocycles. The summed E-state index contributed by atoms with van der Waals surface area (Å²) in [5, 5.41) is 10.3. The third-order valence-electron chi connectivity index (χ3n) is 6.23. The molecule has 1 N–H and O–H groups in total. The van der Waals surface area contributed by atoms with Crippen molar-refractivity contribution in [3.63, 3.8) is 0 Å². The van der Waals surface area contributed by atoms with Crippen LogP contribution in [0.25, 0.3) is 0 Å². The SMILES string of the molecule is CCCC1=NN(c2ccccc2)Cc2cnc(Nc3ccc(N4CCN(C)CC4)cc3)nc21. The van der Waals surface area contributed by atoms with Crippen molar-refractivity contribution in [1.29, 1.82) is 0 Å². The zero-order valence-electron chi connectivity index (χ0n) is 19.4. The number of hydrazone groups is 1. The van der Waals surface area contributed by atoms with Gasteiger partial charge in [-0.25, -0.2) is 9.97 Å². The number of nitrogens with one attached hydrogen (secondary N) is 1. The maximum atomic E-state index is 4.92. The molecular formula is C26H31N7. The summed E-state index contributed by atoms with van der Waals surface area (Å²) in [4.78, 5) is 14.3. The second-order valence-corrected chi connectivity index (χ2v) is 8.72. The molecule has 0 amide bonds. The van der Waals surface area contributed by atoms with E-state index < -0.39 is 0 Å². The Hall–Kier alpha value is -3.45. The molecule has 0 unspecified atom stereocenters. The van der Waals surface area contributed by atoms with Gasteiger partial charge in [0.05, 0.1) is 23.6 Å². The van der Waals surface area contributed by atoms with E-state index in [1.165, 1.54) is 5.69 Å². The lowest BCUT2D eigenvalue weighted by molar-refractivity contribution is 0.313. The van der Waals surface area contributed by atoms with E-state index in [1.807, 2.05) is 29.4 Å². The van der Waals surface area contributed by atoms with Gasteiger partial charge >= 0.3 is 0 Å². The van der Waals surface area contributed by atoms with Gasteiger partial charge in [-0.1, -0.05) is 31.5 Å². The third kappa shape index (κ3) is 4.83. The Morgan fingerprint density at radius 2 is 1.67 bits per heavy atom. The molecular weight excluding hydrogens is 410 g/mol. The number of aromatic nitrogens is 2. The minimum atomic E-state index is 0.609. The van der Waals surface area contributed by atoms with Crippen LogP contribution in [0.15, 0.2) is 65.9 Å². The molecule has 0 radical (unpaired) electrons. The number of rotatable bonds is 6. The number of para-hydroxylation sites is 1. The quantitative estimate of drug-likeness (QED) is 0.608. The second-order valence-electron chi connectivity index (χ2n) is 8.72. The number of hydrogen-bond donors (Lipinski definition) is 1. The molecule has 170 valence electrons. The second kappa shape index (κ2) is 9.58. The van der Waals surface area contributed by atoms with Crippen molar-refractivity contribution < 1.29 is 0 Å². The molecule has 1 aromatic heterocycles. The monoisotopic (exact) mass is 441 g/mol. The van der Waals surface area contributed by atoms with Gasteiger partial charge in [-0.3, -0.25) is 5.01 Å². The summed E-state index contributed by atoms with van der Waals surface area (Å²) in [5.74, 6) is 0.609. The first-order valence-electron chi connectivity index (χ1n) is 11.8. The Kier molecular flexibility index (Phi) is 6.21. The molecule has 0 aliphatic carbocycles. The highest BCUT2D eigenvalue weighted by Gasteiger charge is 2.22. The Bertz CT molecular complexity index is 1100. The predicted octanol–water partition coefficient (Wildman–Crippen LogP) is 4.50. The van der Waals surface area contributed by atoms with Gasteiger partial charge in [0.2, 0.25) is 5.95 Å². The molecule has 7 nitrogen and oxygen atoms in total. The fourth-order valence-corrected chi connectivity index (χ4v) is 4.33. The van der Waals surface area contributed by atoms with Crippen molar-refractivity contribution in [2.75, 3.05) is 48.5 Å². The van der Waals surface area contributed by atoms with Crippen LogP contribution in [0.3, 0.4) is 0 Å². The van der Waals surface area contributed by atoms with E-state index >= 15 is 0 Å². The summed E-state index contributed by atoms with van der Waals surface area (Å²) in [6, 6.07) is 18.8. The minimum Gasteiger partial charge on any atom is -0.369 e. The summed E-state index contributed by atoms with van der Waals surface area (Å²) < 4.78 is 0. The van der Waals surface area contributed by atoms with Crippen molar-refractivity contribution >= 4 is 28.7 Å². The Morgan fingerprint density at radius 3 is 2.39 bits per heavy atom. The van der Waals surface area contributed by atoms with Crippen LogP contribution in [-0.2, 0) is 6.54 Å². The lowest BCUT2D eigenvalue weighted by Gasteiger charge is -2.34. The van der Waals surface area contributed by atoms with E-state index in [2.05, 4.69) is 70.5 Å². The van der Waals surface area contributed by atoms with Crippen LogP contribution in [0, 0.1) is 0 Å². The summed E-state index contributed by atoms with van der Waals surface area (Å²) in [7, 11) is 2.18. The molecule has 33 heavy (non-hydrogen) atoms. The van der Waals surface area contributed by atoms with Gasteiger partial charge in [0.15, 0.2) is 0 Å². The van der Waals surface area contributed by atoms with Gasteiger partial charge in [0.1, 0.15) is 0 Å². The van der Waals surface area contributed by atoms with Crippen molar-refractivity contribution in [3.8, 4) is 0 Å². The van der Waals surface area contributed by atoms with E-state index in [-0.39, 0.29) is 0 Å². The number of piperazine rings is 1. The number of hydrogen-bond acceptors (Lipinski definition) is 7. The molecule has 3 heterocycles. The van der Waals surface area contributed by atoms with Gasteiger partial charge in [-0.15, -0.1) is 0 Å². The Labute approximate surface area is 195 Å². The molecule has 0 bridgehead atoms. The average Bonchev–Trinajstić information content (AvgIpc) is 2.86. The van der Waals surface area contributed by atoms with Crippen LogP contribution >= 0.6 is 0 Å². The number of fused-ring (bicyclic) bond motifs is 1. The molecule has 0 atom stereocenters. The van der Waals surface area contributed by atoms with Gasteiger partial charge in [-0.05, 0) is 49.9 Å². The summed E-state index contributed by atoms with van der Waals surface area (Å²) in [6.07, 6.45) is 3.83. The molecule has 3 aromatic rings. The van der Waals surface area contributed by atoms with E-state index in [4.69, 9.17) is 10.1 Å². The summed E-state index contributed by atoms with van der Waals surface area (Å²) >= 11 is 0. The predicted molar refractivity (Wildman–Crippen MR) is 136 cm³/mol. The Morgan fingerprint density at radius 1 is 0.909 bits per heavy atom. The van der Waals surface area contributed by atoms with Crippen LogP contribution in [0.5, 0.6) is 0 Å². The largest absolute Gasteiger partial charge is 0.369 e. The highest BCUT2D eigenvalue weighted by atomic mass is 15.5. The normalized spacial score (nSPS) is 16.4. The first kappa shape index (κ1) is 21.4. The molecule has 2 aliphatic heterocycles. The molecule has 0 saturated carbocycles. The molecule has 7 heteroatoms. The molecule has 2 aliphatic rings. The standard InChI is InChI=1S/C26H31N7/c1-3-7-24-25-20(19-33(30-24)23-8-5-4-6-9-23)18-27-26(29-25)28-21-10-12-22(13-11-21)32-16-14-31(2)15-17-32/h4-6,8-13,18H,3,7,14-17,19H2,1-2H3,(H,27,28,29). The lowest BCUT2D eigenvalue weighted by Crippen LogP contribution is -2.44. The highest BCUT2D eigenvalue weighted by Crippen LogP contribution is 2.26. The summed E-state index contributed by atoms with van der Waals surface area (Å²) in [5.41, 5.74) is 6.41. The first-order chi connectivity index (χ1) is 16.2. The van der Waals surface area contributed by atoms with Gasteiger partial charge in [-0.2, -0.15) is 5.10 Å². The van der Waals surface area contributed by atoms with Crippen molar-refractivity contribution in [3.05, 3.63) is 72.1 Å². The van der Waals surface area contributed by atoms with Crippen molar-refractivity contribution in [1.82, 2.24) is 14.9 Å². The van der Waals surface area contributed by atoms with Crippen LogP contribution in [0.1, 0.15) is 31.0 Å².